The van der Waals surface area contributed by atoms with E-state index >= 15 is 0 Å². The first-order valence-electron chi connectivity index (χ1n) is 5.55. The number of nitrogens with one attached hydrogen (secondary N) is 1. The fourth-order valence-electron chi connectivity index (χ4n) is 1.50. The first kappa shape index (κ1) is 10.8. The molecule has 2 aromatic rings. The molecule has 0 aliphatic heterocycles. The number of nitrogens with zero attached hydrogens (tertiary/aromatic N) is 3. The van der Waals surface area contributed by atoms with Gasteiger partial charge in [0.2, 0.25) is 0 Å². The molecule has 0 radical (unpaired) electrons. The van der Waals surface area contributed by atoms with Crippen molar-refractivity contribution in [3.8, 4) is 5.82 Å². The minimum atomic E-state index is 0.816. The van der Waals surface area contributed by atoms with Gasteiger partial charge in [-0.05, 0) is 25.1 Å². The highest BCUT2D eigenvalue weighted by Crippen LogP contribution is 2.04. The number of hydrogen-bond donors (Lipinski definition) is 1. The van der Waals surface area contributed by atoms with Gasteiger partial charge in [-0.3, -0.25) is 4.57 Å². The van der Waals surface area contributed by atoms with Gasteiger partial charge in [-0.25, -0.2) is 9.97 Å². The SMILES string of the molecule is CCCNCc1cccc(-n2ccnc2)n1. The van der Waals surface area contributed by atoms with E-state index in [-0.39, 0.29) is 0 Å². The lowest BCUT2D eigenvalue weighted by molar-refractivity contribution is 0.663. The molecule has 0 aliphatic carbocycles. The standard InChI is InChI=1S/C12H16N4/c1-2-6-13-9-11-4-3-5-12(15-11)16-8-7-14-10-16/h3-5,7-8,10,13H,2,6,9H2,1H3. The van der Waals surface area contributed by atoms with Crippen molar-refractivity contribution >= 4 is 0 Å². The molecule has 0 saturated heterocycles. The van der Waals surface area contributed by atoms with Crippen LogP contribution in [0.15, 0.2) is 36.9 Å². The van der Waals surface area contributed by atoms with Crippen molar-refractivity contribution in [2.75, 3.05) is 6.54 Å². The maximum atomic E-state index is 4.55. The normalized spacial score (nSPS) is 10.6. The van der Waals surface area contributed by atoms with Crippen molar-refractivity contribution in [1.82, 2.24) is 19.9 Å². The summed E-state index contributed by atoms with van der Waals surface area (Å²) in [4.78, 5) is 8.56. The van der Waals surface area contributed by atoms with Crippen LogP contribution >= 0.6 is 0 Å². The Labute approximate surface area is 95.4 Å². The van der Waals surface area contributed by atoms with Gasteiger partial charge in [0.1, 0.15) is 12.1 Å². The van der Waals surface area contributed by atoms with E-state index in [1.54, 1.807) is 12.5 Å². The van der Waals surface area contributed by atoms with Crippen molar-refractivity contribution in [1.29, 1.82) is 0 Å². The Morgan fingerprint density at radius 2 is 2.31 bits per heavy atom. The van der Waals surface area contributed by atoms with Crippen LogP contribution in [0.3, 0.4) is 0 Å². The predicted octanol–water partition coefficient (Wildman–Crippen LogP) is 1.77. The van der Waals surface area contributed by atoms with E-state index in [0.29, 0.717) is 0 Å². The molecule has 0 atom stereocenters. The summed E-state index contributed by atoms with van der Waals surface area (Å²) in [5.74, 6) is 0.910. The molecule has 0 bridgehead atoms. The van der Waals surface area contributed by atoms with Crippen molar-refractivity contribution < 1.29 is 0 Å². The van der Waals surface area contributed by atoms with Crippen LogP contribution < -0.4 is 5.32 Å². The van der Waals surface area contributed by atoms with E-state index in [2.05, 4.69) is 22.2 Å². The summed E-state index contributed by atoms with van der Waals surface area (Å²) < 4.78 is 1.91. The van der Waals surface area contributed by atoms with Crippen LogP contribution in [0, 0.1) is 0 Å². The topological polar surface area (TPSA) is 42.7 Å². The molecule has 0 spiro atoms. The molecule has 84 valence electrons. The average molecular weight is 216 g/mol. The molecule has 16 heavy (non-hydrogen) atoms. The van der Waals surface area contributed by atoms with Crippen LogP contribution in [-0.4, -0.2) is 21.1 Å². The Hall–Kier alpha value is -1.68. The molecule has 0 fully saturated rings. The van der Waals surface area contributed by atoms with Gasteiger partial charge >= 0.3 is 0 Å². The highest BCUT2D eigenvalue weighted by Gasteiger charge is 1.98. The summed E-state index contributed by atoms with van der Waals surface area (Å²) in [5, 5.41) is 3.34. The van der Waals surface area contributed by atoms with Crippen LogP contribution in [0.25, 0.3) is 5.82 Å². The van der Waals surface area contributed by atoms with Crippen LogP contribution in [0.2, 0.25) is 0 Å². The van der Waals surface area contributed by atoms with Crippen molar-refractivity contribution in [3.63, 3.8) is 0 Å². The second-order valence-corrected chi connectivity index (χ2v) is 3.63. The number of aromatic nitrogens is 3. The highest BCUT2D eigenvalue weighted by atomic mass is 15.1. The Morgan fingerprint density at radius 3 is 3.06 bits per heavy atom. The van der Waals surface area contributed by atoms with Gasteiger partial charge in [0.05, 0.1) is 5.69 Å². The van der Waals surface area contributed by atoms with E-state index in [9.17, 15) is 0 Å². The van der Waals surface area contributed by atoms with Gasteiger partial charge in [0.15, 0.2) is 0 Å². The first-order valence-corrected chi connectivity index (χ1v) is 5.55. The number of imidazole rings is 1. The monoisotopic (exact) mass is 216 g/mol. The molecule has 0 saturated carbocycles. The van der Waals surface area contributed by atoms with E-state index in [4.69, 9.17) is 0 Å². The van der Waals surface area contributed by atoms with Crippen LogP contribution in [0.4, 0.5) is 0 Å². The second kappa shape index (κ2) is 5.42. The van der Waals surface area contributed by atoms with E-state index in [1.807, 2.05) is 29.0 Å². The molecule has 0 aliphatic rings. The van der Waals surface area contributed by atoms with Gasteiger partial charge in [0, 0.05) is 18.9 Å². The molecular weight excluding hydrogens is 200 g/mol. The molecule has 2 heterocycles. The second-order valence-electron chi connectivity index (χ2n) is 3.63. The summed E-state index contributed by atoms with van der Waals surface area (Å²) in [5.41, 5.74) is 1.06. The fraction of sp³-hybridized carbons (Fsp3) is 0.333. The predicted molar refractivity (Wildman–Crippen MR) is 63.4 cm³/mol. The van der Waals surface area contributed by atoms with E-state index in [1.165, 1.54) is 0 Å². The molecule has 2 rings (SSSR count). The number of pyridine rings is 1. The highest BCUT2D eigenvalue weighted by molar-refractivity contribution is 5.24. The Kier molecular flexibility index (Phi) is 3.66. The molecule has 2 aromatic heterocycles. The Balaban J connectivity index is 2.08. The first-order chi connectivity index (χ1) is 7.90. The number of rotatable bonds is 5. The summed E-state index contributed by atoms with van der Waals surface area (Å²) in [6.45, 7) is 4.00. The minimum Gasteiger partial charge on any atom is -0.311 e. The summed E-state index contributed by atoms with van der Waals surface area (Å²) in [6.07, 6.45) is 6.54. The summed E-state index contributed by atoms with van der Waals surface area (Å²) in [7, 11) is 0. The minimum absolute atomic E-state index is 0.816. The van der Waals surface area contributed by atoms with Crippen molar-refractivity contribution in [2.45, 2.75) is 19.9 Å². The quantitative estimate of drug-likeness (QED) is 0.774. The lowest BCUT2D eigenvalue weighted by Crippen LogP contribution is -2.15. The van der Waals surface area contributed by atoms with Gasteiger partial charge in [0.25, 0.3) is 0 Å². The van der Waals surface area contributed by atoms with Gasteiger partial charge < -0.3 is 5.32 Å². The van der Waals surface area contributed by atoms with E-state index in [0.717, 1.165) is 31.0 Å². The fourth-order valence-corrected chi connectivity index (χ4v) is 1.50. The third-order valence-electron chi connectivity index (χ3n) is 2.29. The van der Waals surface area contributed by atoms with Gasteiger partial charge in [-0.15, -0.1) is 0 Å². The zero-order valence-corrected chi connectivity index (χ0v) is 9.43. The van der Waals surface area contributed by atoms with Gasteiger partial charge in [-0.2, -0.15) is 0 Å². The molecule has 0 unspecified atom stereocenters. The van der Waals surface area contributed by atoms with Crippen LogP contribution in [-0.2, 0) is 6.54 Å². The summed E-state index contributed by atoms with van der Waals surface area (Å²) in [6, 6.07) is 6.03. The molecular formula is C12H16N4. The molecule has 0 aromatic carbocycles. The molecule has 1 N–H and O–H groups in total. The Morgan fingerprint density at radius 1 is 1.38 bits per heavy atom. The third-order valence-corrected chi connectivity index (χ3v) is 2.29. The summed E-state index contributed by atoms with van der Waals surface area (Å²) >= 11 is 0. The average Bonchev–Trinajstić information content (AvgIpc) is 2.83. The zero-order valence-electron chi connectivity index (χ0n) is 9.43. The van der Waals surface area contributed by atoms with Gasteiger partial charge in [-0.1, -0.05) is 13.0 Å². The van der Waals surface area contributed by atoms with Crippen LogP contribution in [0.1, 0.15) is 19.0 Å². The largest absolute Gasteiger partial charge is 0.311 e. The molecule has 4 nitrogen and oxygen atoms in total. The molecule has 0 amide bonds. The van der Waals surface area contributed by atoms with Crippen molar-refractivity contribution in [3.05, 3.63) is 42.6 Å². The van der Waals surface area contributed by atoms with Crippen LogP contribution in [0.5, 0.6) is 0 Å². The maximum absolute atomic E-state index is 4.55. The lowest BCUT2D eigenvalue weighted by atomic mass is 10.3. The van der Waals surface area contributed by atoms with E-state index < -0.39 is 0 Å². The molecule has 4 heteroatoms. The number of hydrogen-bond acceptors (Lipinski definition) is 3. The zero-order chi connectivity index (χ0) is 11.2. The smallest absolute Gasteiger partial charge is 0.138 e. The lowest BCUT2D eigenvalue weighted by Gasteiger charge is -2.05. The maximum Gasteiger partial charge on any atom is 0.138 e. The third kappa shape index (κ3) is 2.67. The van der Waals surface area contributed by atoms with Crippen molar-refractivity contribution in [2.24, 2.45) is 0 Å². The Bertz CT molecular complexity index is 422.